The Morgan fingerprint density at radius 3 is 1.00 bits per heavy atom. The molecule has 0 fully saturated rings. The Bertz CT molecular complexity index is 120. The summed E-state index contributed by atoms with van der Waals surface area (Å²) in [6.07, 6.45) is 7.39. The second-order valence-electron chi connectivity index (χ2n) is 5.82. The normalized spacial score (nSPS) is 11.6. The van der Waals surface area contributed by atoms with E-state index in [0.717, 1.165) is 0 Å². The van der Waals surface area contributed by atoms with Gasteiger partial charge in [-0.25, -0.2) is 0 Å². The minimum Gasteiger partial charge on any atom is -0.0657 e. The molecule has 0 aromatic rings. The van der Waals surface area contributed by atoms with Crippen LogP contribution >= 0.6 is 0 Å². The molecule has 0 unspecified atom stereocenters. The lowest BCUT2D eigenvalue weighted by atomic mass is 10.5. The Morgan fingerprint density at radius 1 is 0.471 bits per heavy atom. The van der Waals surface area contributed by atoms with E-state index in [1.54, 1.807) is 42.7 Å². The monoisotopic (exact) mass is 272 g/mol. The van der Waals surface area contributed by atoms with Gasteiger partial charge < -0.3 is 0 Å². The lowest BCUT2D eigenvalue weighted by Gasteiger charge is -2.17. The van der Waals surface area contributed by atoms with Crippen molar-refractivity contribution < 1.29 is 0 Å². The molecule has 0 aliphatic rings. The third kappa shape index (κ3) is 10.1. The molecule has 0 spiro atoms. The van der Waals surface area contributed by atoms with Gasteiger partial charge in [0.15, 0.2) is 0 Å². The predicted molar refractivity (Wildman–Crippen MR) is 88.9 cm³/mol. The van der Waals surface area contributed by atoms with E-state index in [1.807, 2.05) is 0 Å². The van der Waals surface area contributed by atoms with Gasteiger partial charge in [0.1, 0.15) is 0 Å². The van der Waals surface area contributed by atoms with E-state index in [-0.39, 0.29) is 17.6 Å². The van der Waals surface area contributed by atoms with Crippen molar-refractivity contribution in [3.8, 4) is 0 Å². The van der Waals surface area contributed by atoms with Crippen LogP contribution in [0.1, 0.15) is 59.8 Å². The van der Waals surface area contributed by atoms with E-state index in [1.165, 1.54) is 25.7 Å². The Kier molecular flexibility index (Phi) is 13.2. The van der Waals surface area contributed by atoms with Crippen molar-refractivity contribution in [3.05, 3.63) is 0 Å². The van der Waals surface area contributed by atoms with Gasteiger partial charge in [0.05, 0.1) is 0 Å². The Hall–Kier alpha value is 0.434. The molecule has 0 aromatic heterocycles. The first-order chi connectivity index (χ1) is 8.28. The van der Waals surface area contributed by atoms with Gasteiger partial charge in [-0.15, -0.1) is 0 Å². The molecule has 0 rings (SSSR count). The van der Waals surface area contributed by atoms with E-state index in [0.29, 0.717) is 0 Å². The van der Waals surface area contributed by atoms with Crippen LogP contribution in [0, 0.1) is 0 Å². The Morgan fingerprint density at radius 2 is 0.765 bits per heavy atom. The van der Waals surface area contributed by atoms with E-state index in [2.05, 4.69) is 27.7 Å². The zero-order valence-corrected chi connectivity index (χ0v) is 15.2. The molecule has 0 aliphatic carbocycles. The quantitative estimate of drug-likeness (QED) is 0.413. The highest BCUT2D eigenvalue weighted by molar-refractivity contribution is 6.60. The highest BCUT2D eigenvalue weighted by Gasteiger charge is 2.12. The lowest BCUT2D eigenvalue weighted by molar-refractivity contribution is 0.927. The molecule has 0 N–H and O–H groups in total. The molecule has 0 aliphatic heterocycles. The number of hydrogen-bond donors (Lipinski definition) is 0. The van der Waals surface area contributed by atoms with Crippen LogP contribution in [0.25, 0.3) is 0 Å². The molecule has 0 atom stereocenters. The Labute approximate surface area is 114 Å². The SMILES string of the molecule is CCC[SiH](CCC)CCC[SiH](CCC)CCC. The molecule has 17 heavy (non-hydrogen) atoms. The first kappa shape index (κ1) is 17.4. The van der Waals surface area contributed by atoms with E-state index < -0.39 is 0 Å². The summed E-state index contributed by atoms with van der Waals surface area (Å²) < 4.78 is 0. The van der Waals surface area contributed by atoms with E-state index >= 15 is 0 Å². The van der Waals surface area contributed by atoms with Gasteiger partial charge in [0.2, 0.25) is 0 Å². The lowest BCUT2D eigenvalue weighted by Crippen LogP contribution is -2.15. The predicted octanol–water partition coefficient (Wildman–Crippen LogP) is 5.47. The van der Waals surface area contributed by atoms with Crippen molar-refractivity contribution in [1.82, 2.24) is 0 Å². The highest BCUT2D eigenvalue weighted by atomic mass is 28.3. The summed E-state index contributed by atoms with van der Waals surface area (Å²) in [6.45, 7) is 9.51. The summed E-state index contributed by atoms with van der Waals surface area (Å²) in [5, 5.41) is 0. The van der Waals surface area contributed by atoms with Gasteiger partial charge in [-0.2, -0.15) is 0 Å². The fourth-order valence-corrected chi connectivity index (χ4v) is 10.3. The summed E-state index contributed by atoms with van der Waals surface area (Å²) in [6, 6.07) is 9.78. The average Bonchev–Trinajstić information content (AvgIpc) is 2.30. The van der Waals surface area contributed by atoms with E-state index in [4.69, 9.17) is 0 Å². The zero-order valence-electron chi connectivity index (χ0n) is 12.9. The largest absolute Gasteiger partial charge is 0.0657 e. The van der Waals surface area contributed by atoms with Gasteiger partial charge in [0, 0.05) is 17.6 Å². The summed E-state index contributed by atoms with van der Waals surface area (Å²) >= 11 is 0. The van der Waals surface area contributed by atoms with Crippen molar-refractivity contribution in [3.63, 3.8) is 0 Å². The molecule has 0 radical (unpaired) electrons. The minimum absolute atomic E-state index is 0.310. The number of hydrogen-bond acceptors (Lipinski definition) is 0. The van der Waals surface area contributed by atoms with Crippen LogP contribution < -0.4 is 0 Å². The fraction of sp³-hybridized carbons (Fsp3) is 1.00. The first-order valence-electron chi connectivity index (χ1n) is 8.28. The standard InChI is InChI=1S/C15H36Si2/c1-5-10-16(11-6-2)14-9-15-17(12-7-3)13-8-4/h16-17H,5-15H2,1-4H3. The van der Waals surface area contributed by atoms with Gasteiger partial charge in [-0.1, -0.05) is 96.1 Å². The molecular formula is C15H36Si2. The van der Waals surface area contributed by atoms with E-state index in [9.17, 15) is 0 Å². The van der Waals surface area contributed by atoms with Crippen molar-refractivity contribution >= 4 is 17.6 Å². The van der Waals surface area contributed by atoms with Crippen LogP contribution in [0.15, 0.2) is 0 Å². The zero-order chi connectivity index (χ0) is 12.9. The van der Waals surface area contributed by atoms with Crippen LogP contribution in [0.2, 0.25) is 36.3 Å². The third-order valence-electron chi connectivity index (χ3n) is 4.01. The second-order valence-corrected chi connectivity index (χ2v) is 12.7. The molecule has 0 saturated carbocycles. The molecule has 0 aromatic carbocycles. The first-order valence-corrected chi connectivity index (χ1v) is 13.2. The maximum Gasteiger partial charge on any atom is 0.0367 e. The molecule has 0 bridgehead atoms. The molecule has 0 nitrogen and oxygen atoms in total. The molecule has 0 amide bonds. The van der Waals surface area contributed by atoms with Crippen molar-refractivity contribution in [1.29, 1.82) is 0 Å². The summed E-state index contributed by atoms with van der Waals surface area (Å²) in [4.78, 5) is 0. The molecule has 0 saturated heterocycles. The van der Waals surface area contributed by atoms with Crippen LogP contribution in [-0.2, 0) is 0 Å². The topological polar surface area (TPSA) is 0 Å². The average molecular weight is 273 g/mol. The third-order valence-corrected chi connectivity index (χ3v) is 12.0. The molecular weight excluding hydrogens is 236 g/mol. The molecule has 104 valence electrons. The summed E-state index contributed by atoms with van der Waals surface area (Å²) in [5.74, 6) is 0. The summed E-state index contributed by atoms with van der Waals surface area (Å²) in [5.41, 5.74) is 0. The summed E-state index contributed by atoms with van der Waals surface area (Å²) in [7, 11) is -0.621. The van der Waals surface area contributed by atoms with Crippen LogP contribution in [0.5, 0.6) is 0 Å². The van der Waals surface area contributed by atoms with Gasteiger partial charge in [-0.3, -0.25) is 0 Å². The Balaban J connectivity index is 3.73. The minimum atomic E-state index is -0.310. The van der Waals surface area contributed by atoms with Gasteiger partial charge >= 0.3 is 0 Å². The highest BCUT2D eigenvalue weighted by Crippen LogP contribution is 2.19. The van der Waals surface area contributed by atoms with Crippen LogP contribution in [-0.4, -0.2) is 17.6 Å². The fourth-order valence-electron chi connectivity index (χ4n) is 3.19. The number of rotatable bonds is 12. The van der Waals surface area contributed by atoms with Gasteiger partial charge in [0.25, 0.3) is 0 Å². The molecule has 2 heteroatoms. The smallest absolute Gasteiger partial charge is 0.0367 e. The van der Waals surface area contributed by atoms with Gasteiger partial charge in [-0.05, 0) is 0 Å². The molecule has 0 heterocycles. The maximum absolute atomic E-state index is 2.38. The van der Waals surface area contributed by atoms with Crippen LogP contribution in [0.3, 0.4) is 0 Å². The van der Waals surface area contributed by atoms with Crippen LogP contribution in [0.4, 0.5) is 0 Å². The second kappa shape index (κ2) is 12.9. The van der Waals surface area contributed by atoms with Crippen molar-refractivity contribution in [2.24, 2.45) is 0 Å². The maximum atomic E-state index is 2.38. The van der Waals surface area contributed by atoms with Crippen molar-refractivity contribution in [2.75, 3.05) is 0 Å². The van der Waals surface area contributed by atoms with Crippen molar-refractivity contribution in [2.45, 2.75) is 96.1 Å².